The summed E-state index contributed by atoms with van der Waals surface area (Å²) in [5.41, 5.74) is 11.1. The zero-order valence-electron chi connectivity index (χ0n) is 27.9. The molecule has 266 valence electrons. The second kappa shape index (κ2) is 20.8. The van der Waals surface area contributed by atoms with Crippen LogP contribution in [-0.2, 0) is 45.8 Å². The number of aliphatic hydroxyl groups is 3. The van der Waals surface area contributed by atoms with Gasteiger partial charge in [-0.05, 0) is 6.42 Å². The first-order valence-corrected chi connectivity index (χ1v) is 17.8. The molecule has 0 aliphatic carbocycles. The number of nitrogens with zero attached hydrogens (tertiary/aromatic N) is 5. The number of aliphatic hydroxyl groups excluding tert-OH is 3. The number of fused-ring (bicyclic) bond motifs is 1. The SMILES string of the molecule is NC(=O)C1=CN(C2O[C@H](COP(=O)([O-])OP(=O)([O-])OC[C@H]3OC(n4cnc5c(N)ncnc54)[C@H](OP(=O)([O-])[O-])[C@@H]3O)[C@@H](O)[C@H]2O)C=CC1.[Na+].[Na+].[Na+].[Na+]. The fourth-order valence-electron chi connectivity index (χ4n) is 4.91. The summed E-state index contributed by atoms with van der Waals surface area (Å²) < 4.78 is 65.6. The Kier molecular flexibility index (Phi) is 20.5. The van der Waals surface area contributed by atoms with Gasteiger partial charge >= 0.3 is 118 Å². The zero-order valence-corrected chi connectivity index (χ0v) is 38.6. The van der Waals surface area contributed by atoms with Crippen molar-refractivity contribution in [2.24, 2.45) is 5.73 Å². The van der Waals surface area contributed by atoms with Gasteiger partial charge in [-0.25, -0.2) is 19.3 Å². The van der Waals surface area contributed by atoms with E-state index in [9.17, 15) is 53.4 Å². The summed E-state index contributed by atoms with van der Waals surface area (Å²) in [7, 11) is -17.4. The third-order valence-corrected chi connectivity index (χ3v) is 10.1. The average molecular weight is 833 g/mol. The standard InChI is InChI=1S/C21H30N7O17P3.4Na/c22-17-12-19(25-7-24-17)28(8-26-12)21-16(44-46(33,34)35)14(30)11(43-21)6-41-48(38,39)45-47(36,37)40-5-10-13(29)15(31)20(42-10)27-3-1-2-9(4-27)18(23)32;;;;/h1,3-4,7-8,10-11,13-16,20-21,29-31H,2,5-6H2,(H2,23,32)(H,36,37)(H,38,39)(H2,22,24,25)(H2,33,34,35);;;;/q;4*+1/p-4/t10-,11-,13-,14-,15-,16-,20?,21?;;;;/m1..../s1. The van der Waals surface area contributed by atoms with E-state index < -0.39 is 91.7 Å². The molecule has 2 saturated heterocycles. The van der Waals surface area contributed by atoms with Crippen molar-refractivity contribution in [1.29, 1.82) is 0 Å². The Morgan fingerprint density at radius 1 is 0.904 bits per heavy atom. The van der Waals surface area contributed by atoms with Crippen LogP contribution in [0.4, 0.5) is 5.82 Å². The van der Waals surface area contributed by atoms with Crippen molar-refractivity contribution in [2.45, 2.75) is 55.5 Å². The van der Waals surface area contributed by atoms with E-state index in [1.807, 2.05) is 0 Å². The van der Waals surface area contributed by atoms with Gasteiger partial charge in [0.15, 0.2) is 23.9 Å². The van der Waals surface area contributed by atoms with Crippen LogP contribution < -0.4 is 149 Å². The van der Waals surface area contributed by atoms with Crippen LogP contribution in [0.3, 0.4) is 0 Å². The van der Waals surface area contributed by atoms with Crippen LogP contribution in [0.25, 0.3) is 11.2 Å². The number of imidazole rings is 1. The quantitative estimate of drug-likeness (QED) is 0.0924. The Morgan fingerprint density at radius 2 is 1.48 bits per heavy atom. The minimum absolute atomic E-state index is 0. The van der Waals surface area contributed by atoms with Crippen molar-refractivity contribution < 1.29 is 199 Å². The maximum absolute atomic E-state index is 12.4. The molecule has 0 saturated carbocycles. The third kappa shape index (κ3) is 12.6. The molecule has 2 fully saturated rings. The molecule has 1 amide bonds. The van der Waals surface area contributed by atoms with E-state index in [1.54, 1.807) is 0 Å². The molecule has 0 aromatic carbocycles. The Bertz CT molecular complexity index is 1760. The first-order valence-electron chi connectivity index (χ1n) is 13.4. The van der Waals surface area contributed by atoms with E-state index in [1.165, 1.54) is 23.4 Å². The van der Waals surface area contributed by atoms with Gasteiger partial charge in [-0.3, -0.25) is 18.5 Å². The van der Waals surface area contributed by atoms with Crippen molar-refractivity contribution >= 4 is 46.4 Å². The summed E-state index contributed by atoms with van der Waals surface area (Å²) in [5.74, 6) is -0.849. The number of phosphoric ester groups is 3. The van der Waals surface area contributed by atoms with E-state index in [-0.39, 0.29) is 147 Å². The Hall–Kier alpha value is 1.27. The molecule has 24 nitrogen and oxygen atoms in total. The number of primary amides is 1. The van der Waals surface area contributed by atoms with Crippen molar-refractivity contribution in [2.75, 3.05) is 18.9 Å². The summed E-state index contributed by atoms with van der Waals surface area (Å²) in [6, 6.07) is 0. The van der Waals surface area contributed by atoms with Gasteiger partial charge in [0.05, 0.1) is 27.4 Å². The fraction of sp³-hybridized carbons (Fsp3) is 0.524. The normalized spacial score (nSPS) is 29.4. The molecule has 5 heterocycles. The van der Waals surface area contributed by atoms with E-state index in [2.05, 4.69) is 32.8 Å². The van der Waals surface area contributed by atoms with Crippen molar-refractivity contribution in [3.63, 3.8) is 0 Å². The number of allylic oxidation sites excluding steroid dienone is 1. The summed E-state index contributed by atoms with van der Waals surface area (Å²) in [4.78, 5) is 71.8. The summed E-state index contributed by atoms with van der Waals surface area (Å²) in [5, 5.41) is 31.4. The van der Waals surface area contributed by atoms with Crippen LogP contribution in [0.5, 0.6) is 0 Å². The molecule has 0 bridgehead atoms. The molecule has 2 aromatic rings. The number of ether oxygens (including phenoxy) is 2. The number of hydrogen-bond donors (Lipinski definition) is 5. The number of hydrogen-bond acceptors (Lipinski definition) is 22. The molecule has 10 atom stereocenters. The minimum Gasteiger partial charge on any atom is -0.790 e. The second-order valence-corrected chi connectivity index (χ2v) is 14.4. The van der Waals surface area contributed by atoms with Crippen LogP contribution in [0.2, 0.25) is 0 Å². The van der Waals surface area contributed by atoms with Gasteiger partial charge in [0.2, 0.25) is 5.91 Å². The van der Waals surface area contributed by atoms with Crippen molar-refractivity contribution in [3.8, 4) is 0 Å². The molecular formula is C21H26N7Na4O17P3. The Labute approximate surface area is 382 Å². The van der Waals surface area contributed by atoms with E-state index in [4.69, 9.17) is 20.9 Å². The summed E-state index contributed by atoms with van der Waals surface area (Å²) >= 11 is 0. The van der Waals surface area contributed by atoms with Gasteiger partial charge in [-0.1, -0.05) is 6.08 Å². The van der Waals surface area contributed by atoms with Crippen LogP contribution in [0, 0.1) is 0 Å². The topological polar surface area (TPSA) is 375 Å². The van der Waals surface area contributed by atoms with E-state index >= 15 is 0 Å². The van der Waals surface area contributed by atoms with Crippen LogP contribution in [-0.4, -0.2) is 102 Å². The molecule has 4 unspecified atom stereocenters. The molecule has 31 heteroatoms. The van der Waals surface area contributed by atoms with Gasteiger partial charge < -0.3 is 78.9 Å². The third-order valence-electron chi connectivity index (χ3n) is 7.09. The first kappa shape index (κ1) is 51.3. The number of anilines is 1. The van der Waals surface area contributed by atoms with Gasteiger partial charge in [0, 0.05) is 18.0 Å². The maximum Gasteiger partial charge on any atom is 1.00 e. The van der Waals surface area contributed by atoms with Crippen LogP contribution >= 0.6 is 23.5 Å². The van der Waals surface area contributed by atoms with E-state index in [0.717, 1.165) is 17.2 Å². The summed E-state index contributed by atoms with van der Waals surface area (Å²) in [6.07, 6.45) is -7.38. The maximum atomic E-state index is 12.4. The minimum atomic E-state index is -5.86. The van der Waals surface area contributed by atoms with Crippen molar-refractivity contribution in [1.82, 2.24) is 24.4 Å². The predicted octanol–water partition coefficient (Wildman–Crippen LogP) is -17.1. The fourth-order valence-corrected chi connectivity index (χ4v) is 7.45. The van der Waals surface area contributed by atoms with Gasteiger partial charge in [0.1, 0.15) is 48.5 Å². The number of nitrogens with two attached hydrogens (primary N) is 2. The number of phosphoric acid groups is 3. The monoisotopic (exact) mass is 833 g/mol. The zero-order chi connectivity index (χ0) is 35.2. The number of rotatable bonds is 13. The molecule has 7 N–H and O–H groups in total. The number of carbonyl (C=O) groups excluding carboxylic acids is 1. The molecule has 52 heavy (non-hydrogen) atoms. The van der Waals surface area contributed by atoms with E-state index in [0.29, 0.717) is 0 Å². The Balaban J connectivity index is 0.00000338. The van der Waals surface area contributed by atoms with Crippen molar-refractivity contribution in [3.05, 3.63) is 36.7 Å². The van der Waals surface area contributed by atoms with Gasteiger partial charge in [0.25, 0.3) is 15.6 Å². The van der Waals surface area contributed by atoms with Gasteiger partial charge in [-0.15, -0.1) is 0 Å². The largest absolute Gasteiger partial charge is 1.00 e. The first-order chi connectivity index (χ1) is 22.4. The number of carbonyl (C=O) groups is 1. The number of aromatic nitrogens is 4. The Morgan fingerprint density at radius 3 is 2.06 bits per heavy atom. The molecule has 3 aliphatic rings. The molecule has 3 aliphatic heterocycles. The number of amides is 1. The second-order valence-electron chi connectivity index (χ2n) is 10.3. The molecule has 0 radical (unpaired) electrons. The molecular weight excluding hydrogens is 807 g/mol. The number of nitrogen functional groups attached to an aromatic ring is 1. The predicted molar refractivity (Wildman–Crippen MR) is 144 cm³/mol. The summed E-state index contributed by atoms with van der Waals surface area (Å²) in [6.45, 7) is -2.26. The van der Waals surface area contributed by atoms with Gasteiger partial charge in [-0.2, -0.15) is 0 Å². The van der Waals surface area contributed by atoms with Crippen LogP contribution in [0.15, 0.2) is 36.7 Å². The smallest absolute Gasteiger partial charge is 0.790 e. The molecule has 2 aromatic heterocycles. The molecule has 5 rings (SSSR count). The molecule has 0 spiro atoms. The van der Waals surface area contributed by atoms with Crippen LogP contribution in [0.1, 0.15) is 12.6 Å². The average Bonchev–Trinajstić information content (AvgIpc) is 3.64.